The average Bonchev–Trinajstić information content (AvgIpc) is 2.14. The van der Waals surface area contributed by atoms with E-state index in [-0.39, 0.29) is 0 Å². The first-order valence-electron chi connectivity index (χ1n) is 4.09. The van der Waals surface area contributed by atoms with Gasteiger partial charge in [0.15, 0.2) is 0 Å². The van der Waals surface area contributed by atoms with Crippen molar-refractivity contribution in [2.75, 3.05) is 5.73 Å². The van der Waals surface area contributed by atoms with Crippen LogP contribution in [0.4, 0.5) is 5.69 Å². The third kappa shape index (κ3) is 1.47. The van der Waals surface area contributed by atoms with Gasteiger partial charge in [-0.1, -0.05) is 11.6 Å². The smallest absolute Gasteiger partial charge is 0.0860 e. The molecular weight excluding hydrogens is 263 g/mol. The Bertz CT molecular complexity index is 511. The lowest BCUT2D eigenvalue weighted by molar-refractivity contribution is 1.38. The van der Waals surface area contributed by atoms with Gasteiger partial charge in [0.05, 0.1) is 22.4 Å². The van der Waals surface area contributed by atoms with Crippen LogP contribution in [0.5, 0.6) is 0 Å². The quantitative estimate of drug-likeness (QED) is 0.796. The molecule has 0 amide bonds. The van der Waals surface area contributed by atoms with Crippen LogP contribution < -0.4 is 5.73 Å². The standard InChI is InChI=1S/C10H8BrClN2/c1-5-2-8(11)10-7(9(5)12)3-6(13)4-14-10/h2-4H,13H2,1H3. The Morgan fingerprint density at radius 1 is 1.43 bits per heavy atom. The Balaban J connectivity index is 2.95. The van der Waals surface area contributed by atoms with E-state index in [0.717, 1.165) is 20.9 Å². The molecule has 14 heavy (non-hydrogen) atoms. The highest BCUT2D eigenvalue weighted by Gasteiger charge is 2.07. The van der Waals surface area contributed by atoms with Crippen LogP contribution in [0.2, 0.25) is 5.02 Å². The minimum absolute atomic E-state index is 0.622. The molecule has 72 valence electrons. The molecule has 2 N–H and O–H groups in total. The summed E-state index contributed by atoms with van der Waals surface area (Å²) in [5.41, 5.74) is 8.13. The number of pyridine rings is 1. The summed E-state index contributed by atoms with van der Waals surface area (Å²) in [6, 6.07) is 3.79. The van der Waals surface area contributed by atoms with E-state index in [1.807, 2.05) is 19.1 Å². The summed E-state index contributed by atoms with van der Waals surface area (Å²) in [7, 11) is 0. The summed E-state index contributed by atoms with van der Waals surface area (Å²) in [6.45, 7) is 1.95. The number of halogens is 2. The van der Waals surface area contributed by atoms with Gasteiger partial charge < -0.3 is 5.73 Å². The normalized spacial score (nSPS) is 10.8. The lowest BCUT2D eigenvalue weighted by Crippen LogP contribution is -1.90. The average molecular weight is 272 g/mol. The number of aryl methyl sites for hydroxylation is 1. The van der Waals surface area contributed by atoms with E-state index in [4.69, 9.17) is 17.3 Å². The van der Waals surface area contributed by atoms with Crippen LogP contribution in [0.25, 0.3) is 10.9 Å². The molecule has 2 nitrogen and oxygen atoms in total. The van der Waals surface area contributed by atoms with Crippen LogP contribution >= 0.6 is 27.5 Å². The molecule has 0 aliphatic heterocycles. The number of aromatic nitrogens is 1. The maximum atomic E-state index is 6.15. The molecule has 0 aliphatic rings. The molecule has 0 unspecified atom stereocenters. The highest BCUT2D eigenvalue weighted by molar-refractivity contribution is 9.10. The monoisotopic (exact) mass is 270 g/mol. The van der Waals surface area contributed by atoms with Crippen LogP contribution in [-0.2, 0) is 0 Å². The fraction of sp³-hybridized carbons (Fsp3) is 0.100. The second-order valence-corrected chi connectivity index (χ2v) is 4.39. The molecule has 4 heteroatoms. The minimum Gasteiger partial charge on any atom is -0.397 e. The molecule has 1 aromatic carbocycles. The van der Waals surface area contributed by atoms with Crippen LogP contribution in [0.1, 0.15) is 5.56 Å². The largest absolute Gasteiger partial charge is 0.397 e. The van der Waals surface area contributed by atoms with Gasteiger partial charge in [-0.15, -0.1) is 0 Å². The summed E-state index contributed by atoms with van der Waals surface area (Å²) in [5, 5.41) is 1.60. The van der Waals surface area contributed by atoms with Gasteiger partial charge in [-0.25, -0.2) is 0 Å². The third-order valence-electron chi connectivity index (χ3n) is 2.06. The van der Waals surface area contributed by atoms with E-state index in [1.54, 1.807) is 6.20 Å². The summed E-state index contributed by atoms with van der Waals surface area (Å²) in [4.78, 5) is 4.23. The molecule has 0 radical (unpaired) electrons. The van der Waals surface area contributed by atoms with Crippen LogP contribution in [0, 0.1) is 6.92 Å². The van der Waals surface area contributed by atoms with Gasteiger partial charge in [0, 0.05) is 9.86 Å². The minimum atomic E-state index is 0.622. The first-order chi connectivity index (χ1) is 6.59. The molecule has 0 fully saturated rings. The van der Waals surface area contributed by atoms with Gasteiger partial charge in [-0.2, -0.15) is 0 Å². The van der Waals surface area contributed by atoms with Gasteiger partial charge in [0.1, 0.15) is 0 Å². The lowest BCUT2D eigenvalue weighted by atomic mass is 10.1. The maximum Gasteiger partial charge on any atom is 0.0860 e. The van der Waals surface area contributed by atoms with E-state index in [9.17, 15) is 0 Å². The third-order valence-corrected chi connectivity index (χ3v) is 3.17. The Labute approximate surface area is 95.2 Å². The van der Waals surface area contributed by atoms with Crippen LogP contribution in [-0.4, -0.2) is 4.98 Å². The Morgan fingerprint density at radius 2 is 2.14 bits per heavy atom. The zero-order valence-electron chi connectivity index (χ0n) is 7.51. The van der Waals surface area contributed by atoms with E-state index < -0.39 is 0 Å². The molecule has 0 saturated heterocycles. The van der Waals surface area contributed by atoms with E-state index in [2.05, 4.69) is 20.9 Å². The van der Waals surface area contributed by atoms with E-state index in [0.29, 0.717) is 10.7 Å². The lowest BCUT2D eigenvalue weighted by Gasteiger charge is -2.06. The van der Waals surface area contributed by atoms with Crippen molar-refractivity contribution >= 4 is 44.1 Å². The molecule has 0 spiro atoms. The van der Waals surface area contributed by atoms with Crippen molar-refractivity contribution in [3.05, 3.63) is 33.4 Å². The number of nitrogens with two attached hydrogens (primary N) is 1. The van der Waals surface area contributed by atoms with Gasteiger partial charge in [0.2, 0.25) is 0 Å². The predicted octanol–water partition coefficient (Wildman–Crippen LogP) is 3.54. The SMILES string of the molecule is Cc1cc(Br)c2ncc(N)cc2c1Cl. The molecule has 0 saturated carbocycles. The number of nitrogens with zero attached hydrogens (tertiary/aromatic N) is 1. The fourth-order valence-corrected chi connectivity index (χ4v) is 2.23. The highest BCUT2D eigenvalue weighted by atomic mass is 79.9. The number of hydrogen-bond acceptors (Lipinski definition) is 2. The molecule has 1 aromatic heterocycles. The van der Waals surface area contributed by atoms with Gasteiger partial charge >= 0.3 is 0 Å². The first kappa shape index (κ1) is 9.74. The molecule has 0 aliphatic carbocycles. The van der Waals surface area contributed by atoms with Crippen molar-refractivity contribution in [1.82, 2.24) is 4.98 Å². The number of nitrogen functional groups attached to an aromatic ring is 1. The molecule has 0 bridgehead atoms. The van der Waals surface area contributed by atoms with Crippen molar-refractivity contribution in [3.63, 3.8) is 0 Å². The second-order valence-electron chi connectivity index (χ2n) is 3.15. The van der Waals surface area contributed by atoms with Crippen LogP contribution in [0.15, 0.2) is 22.8 Å². The summed E-state index contributed by atoms with van der Waals surface area (Å²) in [6.07, 6.45) is 1.62. The number of rotatable bonds is 0. The summed E-state index contributed by atoms with van der Waals surface area (Å²) < 4.78 is 0.939. The van der Waals surface area contributed by atoms with Crippen molar-refractivity contribution in [2.24, 2.45) is 0 Å². The number of hydrogen-bond donors (Lipinski definition) is 1. The van der Waals surface area contributed by atoms with Gasteiger partial charge in [-0.05, 0) is 40.5 Å². The molecule has 1 heterocycles. The van der Waals surface area contributed by atoms with Gasteiger partial charge in [0.25, 0.3) is 0 Å². The number of fused-ring (bicyclic) bond motifs is 1. The second kappa shape index (κ2) is 3.41. The molecule has 2 aromatic rings. The van der Waals surface area contributed by atoms with Crippen molar-refractivity contribution in [3.8, 4) is 0 Å². The topological polar surface area (TPSA) is 38.9 Å². The first-order valence-corrected chi connectivity index (χ1v) is 5.26. The Morgan fingerprint density at radius 3 is 2.86 bits per heavy atom. The highest BCUT2D eigenvalue weighted by Crippen LogP contribution is 2.32. The van der Waals surface area contributed by atoms with Crippen molar-refractivity contribution in [1.29, 1.82) is 0 Å². The molecule has 0 atom stereocenters. The van der Waals surface area contributed by atoms with Gasteiger partial charge in [-0.3, -0.25) is 4.98 Å². The Hall–Kier alpha value is -0.800. The maximum absolute atomic E-state index is 6.15. The predicted molar refractivity (Wildman–Crippen MR) is 63.6 cm³/mol. The molecule has 2 rings (SSSR count). The summed E-state index contributed by atoms with van der Waals surface area (Å²) >= 11 is 9.60. The number of anilines is 1. The fourth-order valence-electron chi connectivity index (χ4n) is 1.37. The van der Waals surface area contributed by atoms with E-state index in [1.165, 1.54) is 0 Å². The molecular formula is C10H8BrClN2. The van der Waals surface area contributed by atoms with E-state index >= 15 is 0 Å². The zero-order chi connectivity index (χ0) is 10.3. The summed E-state index contributed by atoms with van der Waals surface area (Å²) in [5.74, 6) is 0. The Kier molecular flexibility index (Phi) is 2.37. The van der Waals surface area contributed by atoms with Crippen molar-refractivity contribution in [2.45, 2.75) is 6.92 Å². The van der Waals surface area contributed by atoms with Crippen LogP contribution in [0.3, 0.4) is 0 Å². The number of benzene rings is 1. The zero-order valence-corrected chi connectivity index (χ0v) is 9.85. The van der Waals surface area contributed by atoms with Crippen molar-refractivity contribution < 1.29 is 0 Å².